The average Bonchev–Trinajstić information content (AvgIpc) is 3.00. The zero-order valence-corrected chi connectivity index (χ0v) is 13.2. The van der Waals surface area contributed by atoms with Crippen LogP contribution in [0.1, 0.15) is 31.4 Å². The number of nitrogens with one attached hydrogen (secondary N) is 1. The molecule has 1 aromatic rings. The summed E-state index contributed by atoms with van der Waals surface area (Å²) in [5.41, 5.74) is 8.33. The molecule has 1 saturated carbocycles. The van der Waals surface area contributed by atoms with E-state index in [-0.39, 0.29) is 36.1 Å². The highest BCUT2D eigenvalue weighted by molar-refractivity contribution is 7.07. The van der Waals surface area contributed by atoms with Crippen LogP contribution in [-0.2, 0) is 11.2 Å². The van der Waals surface area contributed by atoms with Gasteiger partial charge in [0.05, 0.1) is 16.6 Å². The molecule has 0 aromatic carbocycles. The topological polar surface area (TPSA) is 68.0 Å². The van der Waals surface area contributed by atoms with Crippen LogP contribution < -0.4 is 11.1 Å². The van der Waals surface area contributed by atoms with Gasteiger partial charge in [-0.15, -0.1) is 36.2 Å². The van der Waals surface area contributed by atoms with Crippen molar-refractivity contribution in [3.05, 3.63) is 16.6 Å². The molecule has 0 atom stereocenters. The second kappa shape index (κ2) is 8.74. The van der Waals surface area contributed by atoms with Gasteiger partial charge in [0.15, 0.2) is 0 Å². The number of nitrogens with two attached hydrogens (primary N) is 1. The molecule has 0 unspecified atom stereocenters. The van der Waals surface area contributed by atoms with Gasteiger partial charge in [-0.3, -0.25) is 4.79 Å². The molecule has 2 rings (SSSR count). The lowest BCUT2D eigenvalue weighted by molar-refractivity contribution is -0.130. The quantitative estimate of drug-likeness (QED) is 0.871. The molecule has 1 fully saturated rings. The SMILES string of the molecule is Cl.Cl.NCC1(C(=O)NCCc2cscn2)CCCC1. The molecular formula is C12H21Cl2N3OS. The number of halogens is 2. The Hall–Kier alpha value is -0.360. The minimum absolute atomic E-state index is 0. The average molecular weight is 326 g/mol. The summed E-state index contributed by atoms with van der Waals surface area (Å²) < 4.78 is 0. The van der Waals surface area contributed by atoms with Gasteiger partial charge >= 0.3 is 0 Å². The normalized spacial score (nSPS) is 16.3. The Kier molecular flexibility index (Phi) is 8.57. The molecule has 0 radical (unpaired) electrons. The molecule has 3 N–H and O–H groups in total. The molecule has 7 heteroatoms. The minimum atomic E-state index is -0.290. The fraction of sp³-hybridized carbons (Fsp3) is 0.667. The third kappa shape index (κ3) is 4.60. The summed E-state index contributed by atoms with van der Waals surface area (Å²) in [5, 5.41) is 5.01. The number of thiazole rings is 1. The van der Waals surface area contributed by atoms with E-state index in [4.69, 9.17) is 5.73 Å². The first-order valence-corrected chi connectivity index (χ1v) is 7.06. The Morgan fingerprint density at radius 2 is 2.11 bits per heavy atom. The van der Waals surface area contributed by atoms with Crippen molar-refractivity contribution in [2.45, 2.75) is 32.1 Å². The molecule has 4 nitrogen and oxygen atoms in total. The molecule has 0 aliphatic heterocycles. The number of carbonyl (C=O) groups is 1. The van der Waals surface area contributed by atoms with Crippen LogP contribution in [0, 0.1) is 5.41 Å². The van der Waals surface area contributed by atoms with Crippen LogP contribution in [0.15, 0.2) is 10.9 Å². The summed E-state index contributed by atoms with van der Waals surface area (Å²) in [6.45, 7) is 1.12. The van der Waals surface area contributed by atoms with Gasteiger partial charge in [0.2, 0.25) is 5.91 Å². The van der Waals surface area contributed by atoms with Crippen molar-refractivity contribution in [1.29, 1.82) is 0 Å². The van der Waals surface area contributed by atoms with Crippen LogP contribution in [0.2, 0.25) is 0 Å². The Morgan fingerprint density at radius 1 is 1.42 bits per heavy atom. The van der Waals surface area contributed by atoms with Gasteiger partial charge in [0, 0.05) is 24.9 Å². The molecule has 19 heavy (non-hydrogen) atoms. The van der Waals surface area contributed by atoms with Crippen molar-refractivity contribution in [3.8, 4) is 0 Å². The molecule has 1 amide bonds. The van der Waals surface area contributed by atoms with Crippen molar-refractivity contribution in [2.75, 3.05) is 13.1 Å². The van der Waals surface area contributed by atoms with Crippen LogP contribution >= 0.6 is 36.2 Å². The predicted molar refractivity (Wildman–Crippen MR) is 83.3 cm³/mol. The molecule has 1 aromatic heterocycles. The van der Waals surface area contributed by atoms with Crippen LogP contribution in [0.4, 0.5) is 0 Å². The number of carbonyl (C=O) groups excluding carboxylic acids is 1. The van der Waals surface area contributed by atoms with E-state index >= 15 is 0 Å². The smallest absolute Gasteiger partial charge is 0.227 e. The molecule has 1 aliphatic rings. The van der Waals surface area contributed by atoms with Crippen molar-refractivity contribution in [3.63, 3.8) is 0 Å². The van der Waals surface area contributed by atoms with Gasteiger partial charge in [-0.2, -0.15) is 0 Å². The van der Waals surface area contributed by atoms with Gasteiger partial charge in [0.1, 0.15) is 0 Å². The van der Waals surface area contributed by atoms with E-state index in [1.807, 2.05) is 10.9 Å². The van der Waals surface area contributed by atoms with Crippen LogP contribution in [0.5, 0.6) is 0 Å². The second-order valence-corrected chi connectivity index (χ2v) is 5.40. The van der Waals surface area contributed by atoms with E-state index in [2.05, 4.69) is 10.3 Å². The van der Waals surface area contributed by atoms with E-state index in [0.717, 1.165) is 37.8 Å². The van der Waals surface area contributed by atoms with Crippen molar-refractivity contribution in [1.82, 2.24) is 10.3 Å². The molecule has 0 bridgehead atoms. The van der Waals surface area contributed by atoms with E-state index in [1.165, 1.54) is 0 Å². The van der Waals surface area contributed by atoms with E-state index in [9.17, 15) is 4.79 Å². The Morgan fingerprint density at radius 3 is 2.63 bits per heavy atom. The molecule has 1 aliphatic carbocycles. The molecular weight excluding hydrogens is 305 g/mol. The number of nitrogens with zero attached hydrogens (tertiary/aromatic N) is 1. The van der Waals surface area contributed by atoms with Gasteiger partial charge in [0.25, 0.3) is 0 Å². The third-order valence-corrected chi connectivity index (χ3v) is 4.22. The summed E-state index contributed by atoms with van der Waals surface area (Å²) >= 11 is 1.58. The maximum absolute atomic E-state index is 12.1. The fourth-order valence-electron chi connectivity index (χ4n) is 2.43. The van der Waals surface area contributed by atoms with Gasteiger partial charge in [-0.25, -0.2) is 4.98 Å². The second-order valence-electron chi connectivity index (χ2n) is 4.68. The van der Waals surface area contributed by atoms with Gasteiger partial charge < -0.3 is 11.1 Å². The highest BCUT2D eigenvalue weighted by Crippen LogP contribution is 2.37. The first-order chi connectivity index (χ1) is 8.27. The summed E-state index contributed by atoms with van der Waals surface area (Å²) in [4.78, 5) is 16.3. The standard InChI is InChI=1S/C12H19N3OS.2ClH/c13-8-12(4-1-2-5-12)11(16)14-6-3-10-7-17-9-15-10;;/h7,9H,1-6,8,13H2,(H,14,16);2*1H. The van der Waals surface area contributed by atoms with E-state index in [0.29, 0.717) is 13.1 Å². The molecule has 0 spiro atoms. The minimum Gasteiger partial charge on any atom is -0.355 e. The zero-order chi connectivity index (χ0) is 12.1. The van der Waals surface area contributed by atoms with Crippen LogP contribution in [0.3, 0.4) is 0 Å². The first-order valence-electron chi connectivity index (χ1n) is 6.12. The summed E-state index contributed by atoms with van der Waals surface area (Å²) in [7, 11) is 0. The Balaban J connectivity index is 0.00000162. The maximum Gasteiger partial charge on any atom is 0.227 e. The predicted octanol–water partition coefficient (Wildman–Crippen LogP) is 2.16. The monoisotopic (exact) mass is 325 g/mol. The largest absolute Gasteiger partial charge is 0.355 e. The highest BCUT2D eigenvalue weighted by Gasteiger charge is 2.39. The summed E-state index contributed by atoms with van der Waals surface area (Å²) in [6, 6.07) is 0. The summed E-state index contributed by atoms with van der Waals surface area (Å²) in [5.74, 6) is 0.132. The van der Waals surface area contributed by atoms with E-state index < -0.39 is 0 Å². The lowest BCUT2D eigenvalue weighted by Gasteiger charge is -2.25. The van der Waals surface area contributed by atoms with Crippen LogP contribution in [-0.4, -0.2) is 24.0 Å². The number of hydrogen-bond acceptors (Lipinski definition) is 4. The van der Waals surface area contributed by atoms with Gasteiger partial charge in [-0.05, 0) is 12.8 Å². The van der Waals surface area contributed by atoms with Crippen LogP contribution in [0.25, 0.3) is 0 Å². The highest BCUT2D eigenvalue weighted by atomic mass is 35.5. The zero-order valence-electron chi connectivity index (χ0n) is 10.8. The number of rotatable bonds is 5. The number of hydrogen-bond donors (Lipinski definition) is 2. The lowest BCUT2D eigenvalue weighted by Crippen LogP contribution is -2.44. The summed E-state index contributed by atoms with van der Waals surface area (Å²) in [6.07, 6.45) is 4.92. The molecule has 0 saturated heterocycles. The maximum atomic E-state index is 12.1. The Bertz CT molecular complexity index is 367. The van der Waals surface area contributed by atoms with Gasteiger partial charge in [-0.1, -0.05) is 12.8 Å². The third-order valence-electron chi connectivity index (χ3n) is 3.58. The first kappa shape index (κ1) is 18.6. The number of aromatic nitrogens is 1. The molecule has 110 valence electrons. The lowest BCUT2D eigenvalue weighted by atomic mass is 9.85. The Labute approximate surface area is 130 Å². The van der Waals surface area contributed by atoms with E-state index in [1.54, 1.807) is 11.3 Å². The number of amides is 1. The van der Waals surface area contributed by atoms with Crippen molar-refractivity contribution >= 4 is 42.1 Å². The molecule has 1 heterocycles. The fourth-order valence-corrected chi connectivity index (χ4v) is 3.02. The van der Waals surface area contributed by atoms with Crippen molar-refractivity contribution in [2.24, 2.45) is 11.1 Å². The van der Waals surface area contributed by atoms with Crippen molar-refractivity contribution < 1.29 is 4.79 Å².